The molecule has 0 aromatic carbocycles. The van der Waals surface area contributed by atoms with Crippen molar-refractivity contribution >= 4 is 0 Å². The average Bonchev–Trinajstić information content (AvgIpc) is 2.86. The third-order valence-corrected chi connectivity index (χ3v) is 4.16. The van der Waals surface area contributed by atoms with E-state index >= 15 is 0 Å². The van der Waals surface area contributed by atoms with Crippen LogP contribution in [-0.2, 0) is 18.2 Å². The number of rotatable bonds is 7. The standard InChI is InChI=1S/C15H27N3O/c1-16-13(6-8-14-5-3-4-12-19-14)7-9-15-17-10-11-18(15)2/h10-11,13-14,16H,3-9,12H2,1-2H3. The van der Waals surface area contributed by atoms with Crippen molar-refractivity contribution in [1.82, 2.24) is 14.9 Å². The maximum atomic E-state index is 5.80. The zero-order valence-corrected chi connectivity index (χ0v) is 12.3. The normalized spacial score (nSPS) is 21.5. The van der Waals surface area contributed by atoms with Crippen LogP contribution in [0.4, 0.5) is 0 Å². The Morgan fingerprint density at radius 2 is 2.37 bits per heavy atom. The van der Waals surface area contributed by atoms with Gasteiger partial charge in [-0.25, -0.2) is 4.98 Å². The molecule has 2 atom stereocenters. The highest BCUT2D eigenvalue weighted by atomic mass is 16.5. The lowest BCUT2D eigenvalue weighted by Gasteiger charge is -2.24. The van der Waals surface area contributed by atoms with E-state index in [2.05, 4.69) is 29.0 Å². The van der Waals surface area contributed by atoms with E-state index in [1.807, 2.05) is 12.4 Å². The largest absolute Gasteiger partial charge is 0.378 e. The number of aromatic nitrogens is 2. The minimum absolute atomic E-state index is 0.498. The summed E-state index contributed by atoms with van der Waals surface area (Å²) in [5.41, 5.74) is 0. The number of nitrogens with zero attached hydrogens (tertiary/aromatic N) is 2. The van der Waals surface area contributed by atoms with Crippen molar-refractivity contribution in [2.75, 3.05) is 13.7 Å². The monoisotopic (exact) mass is 265 g/mol. The molecule has 1 aromatic rings. The first-order valence-electron chi connectivity index (χ1n) is 7.54. The van der Waals surface area contributed by atoms with Crippen LogP contribution in [0.2, 0.25) is 0 Å². The highest BCUT2D eigenvalue weighted by molar-refractivity contribution is 4.92. The van der Waals surface area contributed by atoms with Crippen LogP contribution in [0.25, 0.3) is 0 Å². The van der Waals surface area contributed by atoms with Crippen molar-refractivity contribution in [3.63, 3.8) is 0 Å². The zero-order chi connectivity index (χ0) is 13.5. The van der Waals surface area contributed by atoms with Gasteiger partial charge in [-0.1, -0.05) is 0 Å². The van der Waals surface area contributed by atoms with E-state index < -0.39 is 0 Å². The molecule has 1 N–H and O–H groups in total. The second kappa shape index (κ2) is 7.65. The fraction of sp³-hybridized carbons (Fsp3) is 0.800. The van der Waals surface area contributed by atoms with Crippen molar-refractivity contribution < 1.29 is 4.74 Å². The number of hydrogen-bond donors (Lipinski definition) is 1. The van der Waals surface area contributed by atoms with Gasteiger partial charge >= 0.3 is 0 Å². The summed E-state index contributed by atoms with van der Waals surface area (Å²) in [7, 11) is 4.12. The van der Waals surface area contributed by atoms with E-state index in [1.165, 1.54) is 37.9 Å². The molecule has 1 fully saturated rings. The van der Waals surface area contributed by atoms with Gasteiger partial charge in [-0.2, -0.15) is 0 Å². The van der Waals surface area contributed by atoms with Crippen LogP contribution in [0, 0.1) is 0 Å². The number of ether oxygens (including phenoxy) is 1. The lowest BCUT2D eigenvalue weighted by molar-refractivity contribution is 0.00856. The first-order chi connectivity index (χ1) is 9.29. The molecule has 2 rings (SSSR count). The second-order valence-corrected chi connectivity index (χ2v) is 5.54. The fourth-order valence-corrected chi connectivity index (χ4v) is 2.80. The molecule has 0 saturated carbocycles. The third kappa shape index (κ3) is 4.62. The fourth-order valence-electron chi connectivity index (χ4n) is 2.80. The molecule has 0 aliphatic carbocycles. The van der Waals surface area contributed by atoms with Crippen LogP contribution < -0.4 is 5.32 Å². The topological polar surface area (TPSA) is 39.1 Å². The molecular weight excluding hydrogens is 238 g/mol. The molecule has 2 heterocycles. The van der Waals surface area contributed by atoms with Gasteiger partial charge in [-0.3, -0.25) is 0 Å². The van der Waals surface area contributed by atoms with Gasteiger partial charge in [0.05, 0.1) is 6.10 Å². The Kier molecular flexibility index (Phi) is 5.86. The molecule has 2 unspecified atom stereocenters. The van der Waals surface area contributed by atoms with Gasteiger partial charge in [0.2, 0.25) is 0 Å². The molecule has 4 heteroatoms. The van der Waals surface area contributed by atoms with Gasteiger partial charge in [-0.05, 0) is 45.6 Å². The molecule has 0 bridgehead atoms. The summed E-state index contributed by atoms with van der Waals surface area (Å²) in [6, 6.07) is 0.572. The van der Waals surface area contributed by atoms with Gasteiger partial charge in [0.25, 0.3) is 0 Å². The van der Waals surface area contributed by atoms with Crippen LogP contribution in [0.3, 0.4) is 0 Å². The molecule has 4 nitrogen and oxygen atoms in total. The van der Waals surface area contributed by atoms with E-state index in [0.717, 1.165) is 19.4 Å². The van der Waals surface area contributed by atoms with Crippen molar-refractivity contribution in [3.8, 4) is 0 Å². The van der Waals surface area contributed by atoms with E-state index in [4.69, 9.17) is 4.74 Å². The maximum Gasteiger partial charge on any atom is 0.108 e. The van der Waals surface area contributed by atoms with E-state index in [0.29, 0.717) is 12.1 Å². The predicted octanol–water partition coefficient (Wildman–Crippen LogP) is 2.29. The number of hydrogen-bond acceptors (Lipinski definition) is 3. The summed E-state index contributed by atoms with van der Waals surface area (Å²) in [5.74, 6) is 1.18. The average molecular weight is 265 g/mol. The molecule has 108 valence electrons. The smallest absolute Gasteiger partial charge is 0.108 e. The molecule has 1 aliphatic rings. The van der Waals surface area contributed by atoms with Gasteiger partial charge in [0, 0.05) is 38.5 Å². The van der Waals surface area contributed by atoms with Crippen molar-refractivity contribution in [1.29, 1.82) is 0 Å². The Morgan fingerprint density at radius 3 is 3.00 bits per heavy atom. The minimum atomic E-state index is 0.498. The Balaban J connectivity index is 1.69. The SMILES string of the molecule is CNC(CCc1nccn1C)CCC1CCCCO1. The van der Waals surface area contributed by atoms with Crippen LogP contribution in [0.15, 0.2) is 12.4 Å². The highest BCUT2D eigenvalue weighted by Crippen LogP contribution is 2.18. The Hall–Kier alpha value is -0.870. The quantitative estimate of drug-likeness (QED) is 0.822. The molecule has 0 amide bonds. The van der Waals surface area contributed by atoms with Gasteiger partial charge in [0.1, 0.15) is 5.82 Å². The lowest BCUT2D eigenvalue weighted by atomic mass is 9.99. The van der Waals surface area contributed by atoms with Gasteiger partial charge in [0.15, 0.2) is 0 Å². The summed E-state index contributed by atoms with van der Waals surface area (Å²) >= 11 is 0. The van der Waals surface area contributed by atoms with Gasteiger partial charge < -0.3 is 14.6 Å². The maximum absolute atomic E-state index is 5.80. The molecule has 0 radical (unpaired) electrons. The Morgan fingerprint density at radius 1 is 1.47 bits per heavy atom. The Labute approximate surface area is 116 Å². The second-order valence-electron chi connectivity index (χ2n) is 5.54. The number of nitrogens with one attached hydrogen (secondary N) is 1. The summed E-state index contributed by atoms with van der Waals surface area (Å²) in [6.45, 7) is 0.960. The van der Waals surface area contributed by atoms with Crippen molar-refractivity contribution in [2.45, 2.75) is 57.1 Å². The van der Waals surface area contributed by atoms with Crippen molar-refractivity contribution in [2.24, 2.45) is 7.05 Å². The minimum Gasteiger partial charge on any atom is -0.378 e. The molecular formula is C15H27N3O. The molecule has 1 saturated heterocycles. The summed E-state index contributed by atoms with van der Waals surface area (Å²) in [5, 5.41) is 3.43. The Bertz CT molecular complexity index is 358. The summed E-state index contributed by atoms with van der Waals surface area (Å²) in [4.78, 5) is 4.38. The number of imidazole rings is 1. The molecule has 1 aromatic heterocycles. The first kappa shape index (κ1) is 14.5. The molecule has 1 aliphatic heterocycles. The predicted molar refractivity (Wildman–Crippen MR) is 77.2 cm³/mol. The van der Waals surface area contributed by atoms with Crippen LogP contribution in [0.1, 0.15) is 44.3 Å². The first-order valence-corrected chi connectivity index (χ1v) is 7.54. The van der Waals surface area contributed by atoms with Crippen LogP contribution in [-0.4, -0.2) is 35.4 Å². The summed E-state index contributed by atoms with van der Waals surface area (Å²) < 4.78 is 7.91. The summed E-state index contributed by atoms with van der Waals surface area (Å²) in [6.07, 6.45) is 12.8. The highest BCUT2D eigenvalue weighted by Gasteiger charge is 2.16. The third-order valence-electron chi connectivity index (χ3n) is 4.16. The van der Waals surface area contributed by atoms with Crippen molar-refractivity contribution in [3.05, 3.63) is 18.2 Å². The van der Waals surface area contributed by atoms with Gasteiger partial charge in [-0.15, -0.1) is 0 Å². The van der Waals surface area contributed by atoms with Crippen LogP contribution >= 0.6 is 0 Å². The van der Waals surface area contributed by atoms with E-state index in [9.17, 15) is 0 Å². The molecule has 19 heavy (non-hydrogen) atoms. The van der Waals surface area contributed by atoms with E-state index in [-0.39, 0.29) is 0 Å². The van der Waals surface area contributed by atoms with E-state index in [1.54, 1.807) is 0 Å². The number of aryl methyl sites for hydroxylation is 2. The van der Waals surface area contributed by atoms with Crippen LogP contribution in [0.5, 0.6) is 0 Å². The lowest BCUT2D eigenvalue weighted by Crippen LogP contribution is -2.29. The molecule has 0 spiro atoms. The zero-order valence-electron chi connectivity index (χ0n) is 12.3.